The summed E-state index contributed by atoms with van der Waals surface area (Å²) in [7, 11) is -0.738. The van der Waals surface area contributed by atoms with Gasteiger partial charge in [0.1, 0.15) is 5.56 Å². The molecule has 7 nitrogen and oxygen atoms in total. The third-order valence-corrected chi connectivity index (χ3v) is 5.39. The molecule has 24 heavy (non-hydrogen) atoms. The van der Waals surface area contributed by atoms with Crippen LogP contribution in [0.5, 0.6) is 0 Å². The second-order valence-electron chi connectivity index (χ2n) is 5.46. The predicted octanol–water partition coefficient (Wildman–Crippen LogP) is 0.864. The van der Waals surface area contributed by atoms with Gasteiger partial charge in [0.2, 0.25) is 10.0 Å². The van der Waals surface area contributed by atoms with Crippen LogP contribution in [0.3, 0.4) is 0 Å². The van der Waals surface area contributed by atoms with E-state index in [0.717, 1.165) is 4.31 Å². The van der Waals surface area contributed by atoms with Crippen molar-refractivity contribution in [3.05, 3.63) is 63.6 Å². The van der Waals surface area contributed by atoms with E-state index >= 15 is 0 Å². The molecule has 0 atom stereocenters. The SMILES string of the molecule is Cc1ccc(C(=O)NCc2ccccc2S(=O)(=O)N(C)C)c(=O)[nH]1. The number of nitrogens with one attached hydrogen (secondary N) is 2. The van der Waals surface area contributed by atoms with Crippen molar-refractivity contribution in [3.8, 4) is 0 Å². The summed E-state index contributed by atoms with van der Waals surface area (Å²) in [5, 5.41) is 2.59. The molecule has 0 aliphatic carbocycles. The molecule has 0 saturated carbocycles. The van der Waals surface area contributed by atoms with E-state index < -0.39 is 21.5 Å². The number of pyridine rings is 1. The van der Waals surface area contributed by atoms with E-state index in [1.54, 1.807) is 31.2 Å². The number of amides is 1. The second kappa shape index (κ2) is 6.98. The summed E-state index contributed by atoms with van der Waals surface area (Å²) in [5.74, 6) is -0.562. The molecule has 0 spiro atoms. The lowest BCUT2D eigenvalue weighted by molar-refractivity contribution is 0.0949. The highest BCUT2D eigenvalue weighted by atomic mass is 32.2. The van der Waals surface area contributed by atoms with E-state index in [-0.39, 0.29) is 17.0 Å². The summed E-state index contributed by atoms with van der Waals surface area (Å²) in [6.07, 6.45) is 0. The molecule has 128 valence electrons. The Bertz CT molecular complexity index is 917. The largest absolute Gasteiger partial charge is 0.348 e. The second-order valence-corrected chi connectivity index (χ2v) is 7.58. The summed E-state index contributed by atoms with van der Waals surface area (Å²) in [6.45, 7) is 1.71. The summed E-state index contributed by atoms with van der Waals surface area (Å²) in [4.78, 5) is 26.6. The van der Waals surface area contributed by atoms with Gasteiger partial charge in [-0.1, -0.05) is 18.2 Å². The average Bonchev–Trinajstić information content (AvgIpc) is 2.52. The highest BCUT2D eigenvalue weighted by molar-refractivity contribution is 7.89. The molecule has 1 heterocycles. The van der Waals surface area contributed by atoms with E-state index in [0.29, 0.717) is 11.3 Å². The molecule has 0 radical (unpaired) electrons. The first-order valence-electron chi connectivity index (χ1n) is 7.22. The van der Waals surface area contributed by atoms with Crippen molar-refractivity contribution in [2.24, 2.45) is 0 Å². The molecule has 1 aromatic heterocycles. The zero-order chi connectivity index (χ0) is 17.9. The fourth-order valence-electron chi connectivity index (χ4n) is 2.12. The van der Waals surface area contributed by atoms with Crippen molar-refractivity contribution in [2.45, 2.75) is 18.4 Å². The minimum absolute atomic E-state index is 0.00457. The van der Waals surface area contributed by atoms with Gasteiger partial charge in [-0.25, -0.2) is 12.7 Å². The van der Waals surface area contributed by atoms with Crippen LogP contribution in [-0.2, 0) is 16.6 Å². The van der Waals surface area contributed by atoms with Crippen molar-refractivity contribution >= 4 is 15.9 Å². The smallest absolute Gasteiger partial charge is 0.260 e. The average molecular weight is 349 g/mol. The normalized spacial score (nSPS) is 11.5. The van der Waals surface area contributed by atoms with Gasteiger partial charge >= 0.3 is 0 Å². The Hall–Kier alpha value is -2.45. The van der Waals surface area contributed by atoms with Gasteiger partial charge < -0.3 is 10.3 Å². The highest BCUT2D eigenvalue weighted by Crippen LogP contribution is 2.18. The monoisotopic (exact) mass is 349 g/mol. The topological polar surface area (TPSA) is 99.3 Å². The lowest BCUT2D eigenvalue weighted by atomic mass is 10.2. The van der Waals surface area contributed by atoms with Gasteiger partial charge in [-0.3, -0.25) is 9.59 Å². The Kier molecular flexibility index (Phi) is 5.20. The maximum Gasteiger partial charge on any atom is 0.260 e. The number of benzene rings is 1. The van der Waals surface area contributed by atoms with Crippen LogP contribution in [0.15, 0.2) is 46.1 Å². The van der Waals surface area contributed by atoms with Crippen LogP contribution in [-0.4, -0.2) is 37.7 Å². The summed E-state index contributed by atoms with van der Waals surface area (Å²) in [5.41, 5.74) is 0.595. The molecule has 1 aromatic carbocycles. The molecule has 2 N–H and O–H groups in total. The molecule has 0 unspecified atom stereocenters. The summed E-state index contributed by atoms with van der Waals surface area (Å²) >= 11 is 0. The van der Waals surface area contributed by atoms with Crippen LogP contribution in [0.2, 0.25) is 0 Å². The van der Waals surface area contributed by atoms with E-state index in [4.69, 9.17) is 0 Å². The Labute approximate surface area is 140 Å². The molecular weight excluding hydrogens is 330 g/mol. The van der Waals surface area contributed by atoms with Crippen molar-refractivity contribution in [1.82, 2.24) is 14.6 Å². The molecule has 0 saturated heterocycles. The minimum atomic E-state index is -3.62. The van der Waals surface area contributed by atoms with Gasteiger partial charge in [-0.15, -0.1) is 0 Å². The summed E-state index contributed by atoms with van der Waals surface area (Å²) < 4.78 is 25.7. The third-order valence-electron chi connectivity index (χ3n) is 3.47. The Morgan fingerprint density at radius 1 is 1.17 bits per heavy atom. The zero-order valence-corrected chi connectivity index (χ0v) is 14.5. The fourth-order valence-corrected chi connectivity index (χ4v) is 3.24. The molecule has 1 amide bonds. The molecule has 0 aliphatic heterocycles. The van der Waals surface area contributed by atoms with E-state index in [2.05, 4.69) is 10.3 Å². The zero-order valence-electron chi connectivity index (χ0n) is 13.7. The van der Waals surface area contributed by atoms with Crippen LogP contribution in [0, 0.1) is 6.92 Å². The predicted molar refractivity (Wildman–Crippen MR) is 90.3 cm³/mol. The van der Waals surface area contributed by atoms with Crippen molar-refractivity contribution in [3.63, 3.8) is 0 Å². The first-order valence-corrected chi connectivity index (χ1v) is 8.66. The van der Waals surface area contributed by atoms with E-state index in [1.165, 1.54) is 26.2 Å². The molecule has 0 fully saturated rings. The van der Waals surface area contributed by atoms with Gasteiger partial charge in [-0.05, 0) is 30.7 Å². The van der Waals surface area contributed by atoms with Gasteiger partial charge in [0.25, 0.3) is 11.5 Å². The van der Waals surface area contributed by atoms with Crippen molar-refractivity contribution in [2.75, 3.05) is 14.1 Å². The number of H-pyrrole nitrogens is 1. The van der Waals surface area contributed by atoms with Gasteiger partial charge in [0, 0.05) is 26.3 Å². The highest BCUT2D eigenvalue weighted by Gasteiger charge is 2.21. The number of aryl methyl sites for hydroxylation is 1. The maximum absolute atomic E-state index is 12.3. The standard InChI is InChI=1S/C16H19N3O4S/c1-11-8-9-13(16(21)18-11)15(20)17-10-12-6-4-5-7-14(12)24(22,23)19(2)3/h4-9H,10H2,1-3H3,(H,17,20)(H,18,21). The number of rotatable bonds is 5. The molecular formula is C16H19N3O4S. The quantitative estimate of drug-likeness (QED) is 0.836. The molecule has 2 aromatic rings. The third kappa shape index (κ3) is 3.72. The van der Waals surface area contributed by atoms with Crippen molar-refractivity contribution < 1.29 is 13.2 Å². The van der Waals surface area contributed by atoms with Gasteiger partial charge in [0.05, 0.1) is 4.90 Å². The first-order chi connectivity index (χ1) is 11.2. The molecule has 8 heteroatoms. The lowest BCUT2D eigenvalue weighted by Crippen LogP contribution is -2.30. The molecule has 2 rings (SSSR count). The number of aromatic amines is 1. The van der Waals surface area contributed by atoms with Crippen LogP contribution >= 0.6 is 0 Å². The van der Waals surface area contributed by atoms with Crippen LogP contribution < -0.4 is 10.9 Å². The minimum Gasteiger partial charge on any atom is -0.348 e. The van der Waals surface area contributed by atoms with Crippen molar-refractivity contribution in [1.29, 1.82) is 0 Å². The Morgan fingerprint density at radius 3 is 2.46 bits per heavy atom. The number of carbonyl (C=O) groups excluding carboxylic acids is 1. The Balaban J connectivity index is 2.24. The summed E-state index contributed by atoms with van der Waals surface area (Å²) in [6, 6.07) is 9.47. The Morgan fingerprint density at radius 2 is 1.83 bits per heavy atom. The van der Waals surface area contributed by atoms with E-state index in [9.17, 15) is 18.0 Å². The van der Waals surface area contributed by atoms with Crippen LogP contribution in [0.4, 0.5) is 0 Å². The van der Waals surface area contributed by atoms with Crippen LogP contribution in [0.1, 0.15) is 21.6 Å². The number of nitrogens with zero attached hydrogens (tertiary/aromatic N) is 1. The first kappa shape index (κ1) is 17.9. The number of carbonyl (C=O) groups is 1. The fraction of sp³-hybridized carbons (Fsp3) is 0.250. The number of hydrogen-bond donors (Lipinski definition) is 2. The van der Waals surface area contributed by atoms with E-state index in [1.807, 2.05) is 0 Å². The van der Waals surface area contributed by atoms with Gasteiger partial charge in [0.15, 0.2) is 0 Å². The maximum atomic E-state index is 12.3. The van der Waals surface area contributed by atoms with Gasteiger partial charge in [-0.2, -0.15) is 0 Å². The molecule has 0 aliphatic rings. The number of hydrogen-bond acceptors (Lipinski definition) is 4. The molecule has 0 bridgehead atoms. The number of sulfonamides is 1. The number of aromatic nitrogens is 1. The van der Waals surface area contributed by atoms with Crippen LogP contribution in [0.25, 0.3) is 0 Å². The lowest BCUT2D eigenvalue weighted by Gasteiger charge is -2.15.